The van der Waals surface area contributed by atoms with Crippen LogP contribution in [0, 0.1) is 0 Å². The molecule has 0 bridgehead atoms. The lowest BCUT2D eigenvalue weighted by atomic mass is 10.2. The first-order valence-corrected chi connectivity index (χ1v) is 10.3. The van der Waals surface area contributed by atoms with Gasteiger partial charge in [-0.25, -0.2) is 0 Å². The van der Waals surface area contributed by atoms with Crippen LogP contribution in [0.4, 0.5) is 0 Å². The van der Waals surface area contributed by atoms with Gasteiger partial charge in [0, 0.05) is 6.08 Å². The summed E-state index contributed by atoms with van der Waals surface area (Å²) < 4.78 is 7.46. The van der Waals surface area contributed by atoms with E-state index in [0.717, 1.165) is 22.6 Å². The molecule has 0 spiro atoms. The summed E-state index contributed by atoms with van der Waals surface area (Å²) in [6, 6.07) is 26.7. The lowest BCUT2D eigenvalue weighted by Crippen LogP contribution is -2.27. The molecule has 4 aromatic rings. The third-order valence-corrected chi connectivity index (χ3v) is 4.77. The van der Waals surface area contributed by atoms with E-state index in [-0.39, 0.29) is 11.9 Å². The van der Waals surface area contributed by atoms with Gasteiger partial charge in [-0.05, 0) is 58.8 Å². The van der Waals surface area contributed by atoms with Gasteiger partial charge in [0.25, 0.3) is 0 Å². The second-order valence-corrected chi connectivity index (χ2v) is 7.19. The number of carbonyl (C=O) groups is 1. The maximum atomic E-state index is 12.5. The Kier molecular flexibility index (Phi) is 6.67. The Hall–Kier alpha value is -4.26. The van der Waals surface area contributed by atoms with Crippen LogP contribution >= 0.6 is 0 Å². The van der Waals surface area contributed by atoms with Crippen LogP contribution in [0.5, 0.6) is 5.75 Å². The molecule has 0 aliphatic heterocycles. The van der Waals surface area contributed by atoms with Gasteiger partial charge in [0.05, 0.1) is 11.7 Å². The molecule has 1 heterocycles. The first-order valence-electron chi connectivity index (χ1n) is 10.3. The number of tetrazole rings is 1. The van der Waals surface area contributed by atoms with E-state index in [1.807, 2.05) is 91.9 Å². The molecular formula is C25H23N5O2. The number of nitrogens with one attached hydrogen (secondary N) is 1. The third kappa shape index (κ3) is 5.46. The third-order valence-electron chi connectivity index (χ3n) is 4.77. The fourth-order valence-corrected chi connectivity index (χ4v) is 3.16. The van der Waals surface area contributed by atoms with Crippen molar-refractivity contribution in [2.75, 3.05) is 0 Å². The van der Waals surface area contributed by atoms with Crippen LogP contribution in [0.1, 0.15) is 29.9 Å². The lowest BCUT2D eigenvalue weighted by Gasteiger charge is -2.12. The van der Waals surface area contributed by atoms with Crippen molar-refractivity contribution in [2.24, 2.45) is 0 Å². The van der Waals surface area contributed by atoms with Crippen molar-refractivity contribution < 1.29 is 9.53 Å². The summed E-state index contributed by atoms with van der Waals surface area (Å²) in [6.45, 7) is 2.33. The van der Waals surface area contributed by atoms with Gasteiger partial charge in [-0.15, -0.1) is 5.10 Å². The zero-order valence-corrected chi connectivity index (χ0v) is 17.6. The number of carbonyl (C=O) groups excluding carboxylic acids is 1. The van der Waals surface area contributed by atoms with E-state index in [1.165, 1.54) is 6.08 Å². The molecule has 160 valence electrons. The Balaban J connectivity index is 1.36. The molecule has 7 heteroatoms. The highest BCUT2D eigenvalue weighted by Crippen LogP contribution is 2.17. The molecule has 0 fully saturated rings. The predicted octanol–water partition coefficient (Wildman–Crippen LogP) is 4.13. The minimum absolute atomic E-state index is 0.240. The fraction of sp³-hybridized carbons (Fsp3) is 0.120. The molecule has 3 aromatic carbocycles. The molecule has 0 aliphatic rings. The SMILES string of the molecule is CC(NC(=O)/C=C/c1cccc(OCc2ccccc2)c1)c1nnnn1-c1ccccc1. The summed E-state index contributed by atoms with van der Waals surface area (Å²) in [7, 11) is 0. The van der Waals surface area contributed by atoms with E-state index in [0.29, 0.717) is 12.4 Å². The number of hydrogen-bond acceptors (Lipinski definition) is 5. The van der Waals surface area contributed by atoms with Crippen molar-refractivity contribution in [3.05, 3.63) is 108 Å². The molecule has 0 saturated carbocycles. The Morgan fingerprint density at radius 2 is 1.78 bits per heavy atom. The summed E-state index contributed by atoms with van der Waals surface area (Å²) in [5.74, 6) is 1.05. The molecule has 7 nitrogen and oxygen atoms in total. The van der Waals surface area contributed by atoms with Gasteiger partial charge in [-0.3, -0.25) is 4.79 Å². The minimum Gasteiger partial charge on any atom is -0.489 e. The number of benzene rings is 3. The maximum Gasteiger partial charge on any atom is 0.244 e. The van der Waals surface area contributed by atoms with Gasteiger partial charge >= 0.3 is 0 Å². The zero-order chi connectivity index (χ0) is 22.2. The molecule has 0 radical (unpaired) electrons. The monoisotopic (exact) mass is 425 g/mol. The number of nitrogens with zero attached hydrogens (tertiary/aromatic N) is 4. The number of ether oxygens (including phenoxy) is 1. The highest BCUT2D eigenvalue weighted by atomic mass is 16.5. The van der Waals surface area contributed by atoms with Crippen LogP contribution in [0.2, 0.25) is 0 Å². The summed E-state index contributed by atoms with van der Waals surface area (Å²) in [5.41, 5.74) is 2.79. The van der Waals surface area contributed by atoms with E-state index in [2.05, 4.69) is 20.8 Å². The van der Waals surface area contributed by atoms with Crippen LogP contribution in [-0.4, -0.2) is 26.1 Å². The smallest absolute Gasteiger partial charge is 0.244 e. The molecule has 1 amide bonds. The molecule has 1 N–H and O–H groups in total. The number of para-hydroxylation sites is 1. The van der Waals surface area contributed by atoms with Gasteiger partial charge in [0.15, 0.2) is 5.82 Å². The fourth-order valence-electron chi connectivity index (χ4n) is 3.16. The van der Waals surface area contributed by atoms with Crippen molar-refractivity contribution in [1.29, 1.82) is 0 Å². The molecule has 32 heavy (non-hydrogen) atoms. The highest BCUT2D eigenvalue weighted by molar-refractivity contribution is 5.91. The van der Waals surface area contributed by atoms with Crippen molar-refractivity contribution in [3.63, 3.8) is 0 Å². The summed E-state index contributed by atoms with van der Waals surface area (Å²) in [4.78, 5) is 12.5. The summed E-state index contributed by atoms with van der Waals surface area (Å²) in [6.07, 6.45) is 3.24. The van der Waals surface area contributed by atoms with Crippen LogP contribution < -0.4 is 10.1 Å². The molecule has 1 unspecified atom stereocenters. The standard InChI is InChI=1S/C25H23N5O2/c1-19(25-27-28-29-30(25)22-12-6-3-7-13-22)26-24(31)16-15-20-11-8-14-23(17-20)32-18-21-9-4-2-5-10-21/h2-17,19H,18H2,1H3,(H,26,31)/b16-15+. The van der Waals surface area contributed by atoms with Crippen molar-refractivity contribution in [2.45, 2.75) is 19.6 Å². The second-order valence-electron chi connectivity index (χ2n) is 7.19. The van der Waals surface area contributed by atoms with Gasteiger partial charge < -0.3 is 10.1 Å². The van der Waals surface area contributed by atoms with Crippen molar-refractivity contribution in [3.8, 4) is 11.4 Å². The average Bonchev–Trinajstić information content (AvgIpc) is 3.33. The second kappa shape index (κ2) is 10.2. The minimum atomic E-state index is -0.372. The summed E-state index contributed by atoms with van der Waals surface area (Å²) in [5, 5.41) is 14.7. The van der Waals surface area contributed by atoms with Crippen LogP contribution in [0.25, 0.3) is 11.8 Å². The lowest BCUT2D eigenvalue weighted by molar-refractivity contribution is -0.117. The molecule has 0 saturated heterocycles. The Bertz CT molecular complexity index is 1190. The first kappa shape index (κ1) is 21.0. The molecule has 1 aromatic heterocycles. The Morgan fingerprint density at radius 3 is 2.56 bits per heavy atom. The summed E-state index contributed by atoms with van der Waals surface area (Å²) >= 11 is 0. The number of hydrogen-bond donors (Lipinski definition) is 1. The molecule has 4 rings (SSSR count). The number of aromatic nitrogens is 4. The average molecular weight is 425 g/mol. The predicted molar refractivity (Wildman–Crippen MR) is 122 cm³/mol. The van der Waals surface area contributed by atoms with E-state index >= 15 is 0 Å². The van der Waals surface area contributed by atoms with Gasteiger partial charge in [-0.1, -0.05) is 60.7 Å². The van der Waals surface area contributed by atoms with Crippen LogP contribution in [-0.2, 0) is 11.4 Å². The van der Waals surface area contributed by atoms with Crippen molar-refractivity contribution in [1.82, 2.24) is 25.5 Å². The van der Waals surface area contributed by atoms with Crippen molar-refractivity contribution >= 4 is 12.0 Å². The van der Waals surface area contributed by atoms with Crippen LogP contribution in [0.3, 0.4) is 0 Å². The quantitative estimate of drug-likeness (QED) is 0.429. The highest BCUT2D eigenvalue weighted by Gasteiger charge is 2.16. The molecule has 0 aliphatic carbocycles. The van der Waals surface area contributed by atoms with Crippen LogP contribution in [0.15, 0.2) is 91.0 Å². The van der Waals surface area contributed by atoms with E-state index in [4.69, 9.17) is 4.74 Å². The van der Waals surface area contributed by atoms with Gasteiger partial charge in [0.1, 0.15) is 12.4 Å². The molecular weight excluding hydrogens is 402 g/mol. The normalized spacial score (nSPS) is 11.9. The Morgan fingerprint density at radius 1 is 1.03 bits per heavy atom. The van der Waals surface area contributed by atoms with E-state index in [9.17, 15) is 4.79 Å². The number of amides is 1. The topological polar surface area (TPSA) is 81.9 Å². The first-order chi connectivity index (χ1) is 15.7. The molecule has 1 atom stereocenters. The van der Waals surface area contributed by atoms with Gasteiger partial charge in [-0.2, -0.15) is 4.68 Å². The Labute approximate surface area is 186 Å². The van der Waals surface area contributed by atoms with E-state index < -0.39 is 0 Å². The number of rotatable bonds is 8. The largest absolute Gasteiger partial charge is 0.489 e. The van der Waals surface area contributed by atoms with E-state index in [1.54, 1.807) is 10.8 Å². The maximum absolute atomic E-state index is 12.5. The van der Waals surface area contributed by atoms with Gasteiger partial charge in [0.2, 0.25) is 5.91 Å². The zero-order valence-electron chi connectivity index (χ0n) is 17.6.